The van der Waals surface area contributed by atoms with Crippen LogP contribution in [0.4, 0.5) is 11.4 Å². The average molecular weight is 323 g/mol. The summed E-state index contributed by atoms with van der Waals surface area (Å²) in [4.78, 5) is 0. The third kappa shape index (κ3) is 3.08. The number of thiophene rings is 1. The first-order chi connectivity index (χ1) is 8.37. The van der Waals surface area contributed by atoms with Crippen molar-refractivity contribution in [2.24, 2.45) is 0 Å². The SMILES string of the molecule is Nc1csc(S(=O)(=O)Nc2cc(Cl)cc(Cl)c2)c1. The first kappa shape index (κ1) is 13.5. The Balaban J connectivity index is 2.33. The summed E-state index contributed by atoms with van der Waals surface area (Å²) in [6.45, 7) is 0. The number of hydrogen-bond acceptors (Lipinski definition) is 4. The Morgan fingerprint density at radius 1 is 1.11 bits per heavy atom. The normalized spacial score (nSPS) is 11.4. The van der Waals surface area contributed by atoms with E-state index in [1.54, 1.807) is 5.38 Å². The molecule has 0 amide bonds. The van der Waals surface area contributed by atoms with Crippen LogP contribution in [0.25, 0.3) is 0 Å². The third-order valence-electron chi connectivity index (χ3n) is 1.98. The molecule has 0 bridgehead atoms. The van der Waals surface area contributed by atoms with Gasteiger partial charge in [0.25, 0.3) is 10.0 Å². The van der Waals surface area contributed by atoms with E-state index in [-0.39, 0.29) is 4.21 Å². The molecular formula is C10H8Cl2N2O2S2. The number of benzene rings is 1. The van der Waals surface area contributed by atoms with Crippen LogP contribution >= 0.6 is 34.5 Å². The van der Waals surface area contributed by atoms with Crippen LogP contribution in [0.3, 0.4) is 0 Å². The molecule has 0 spiro atoms. The summed E-state index contributed by atoms with van der Waals surface area (Å²) in [5, 5.41) is 2.26. The summed E-state index contributed by atoms with van der Waals surface area (Å²) in [5.41, 5.74) is 6.20. The van der Waals surface area contributed by atoms with E-state index in [0.717, 1.165) is 11.3 Å². The second-order valence-corrected chi connectivity index (χ2v) is 7.16. The molecule has 1 aromatic carbocycles. The van der Waals surface area contributed by atoms with E-state index in [2.05, 4.69) is 4.72 Å². The molecule has 1 aromatic heterocycles. The number of nitrogen functional groups attached to an aromatic ring is 1. The zero-order chi connectivity index (χ0) is 13.3. The van der Waals surface area contributed by atoms with E-state index in [4.69, 9.17) is 28.9 Å². The number of nitrogens with two attached hydrogens (primary N) is 1. The molecule has 96 valence electrons. The van der Waals surface area contributed by atoms with Gasteiger partial charge < -0.3 is 5.73 Å². The van der Waals surface area contributed by atoms with Gasteiger partial charge in [0.15, 0.2) is 0 Å². The largest absolute Gasteiger partial charge is 0.398 e. The number of halogens is 2. The van der Waals surface area contributed by atoms with Gasteiger partial charge in [-0.1, -0.05) is 23.2 Å². The molecule has 1 heterocycles. The van der Waals surface area contributed by atoms with Gasteiger partial charge in [0.1, 0.15) is 4.21 Å². The summed E-state index contributed by atoms with van der Waals surface area (Å²) in [6.07, 6.45) is 0. The standard InChI is InChI=1S/C10H8Cl2N2O2S2/c11-6-1-7(12)3-9(2-6)14-18(15,16)10-4-8(13)5-17-10/h1-5,14H,13H2. The molecule has 4 nitrogen and oxygen atoms in total. The molecule has 2 aromatic rings. The van der Waals surface area contributed by atoms with Gasteiger partial charge in [-0.3, -0.25) is 4.72 Å². The smallest absolute Gasteiger partial charge is 0.271 e. The van der Waals surface area contributed by atoms with Crippen LogP contribution in [0.15, 0.2) is 33.9 Å². The van der Waals surface area contributed by atoms with Crippen LogP contribution in [0.1, 0.15) is 0 Å². The van der Waals surface area contributed by atoms with Crippen LogP contribution in [0.2, 0.25) is 10.0 Å². The Hall–Kier alpha value is -0.950. The molecule has 18 heavy (non-hydrogen) atoms. The third-order valence-corrected chi connectivity index (χ3v) is 5.25. The van der Waals surface area contributed by atoms with Crippen LogP contribution in [0, 0.1) is 0 Å². The number of anilines is 2. The van der Waals surface area contributed by atoms with Crippen molar-refractivity contribution in [3.05, 3.63) is 39.7 Å². The molecular weight excluding hydrogens is 315 g/mol. The summed E-state index contributed by atoms with van der Waals surface area (Å²) in [5.74, 6) is 0. The van der Waals surface area contributed by atoms with Gasteiger partial charge in [0.05, 0.1) is 5.69 Å². The molecule has 0 saturated heterocycles. The maximum absolute atomic E-state index is 12.0. The lowest BCUT2D eigenvalue weighted by Crippen LogP contribution is -2.11. The van der Waals surface area contributed by atoms with Gasteiger partial charge in [-0.25, -0.2) is 8.42 Å². The van der Waals surface area contributed by atoms with E-state index in [1.165, 1.54) is 24.3 Å². The Morgan fingerprint density at radius 3 is 2.22 bits per heavy atom. The van der Waals surface area contributed by atoms with Crippen molar-refractivity contribution in [1.82, 2.24) is 0 Å². The highest BCUT2D eigenvalue weighted by Gasteiger charge is 2.16. The lowest BCUT2D eigenvalue weighted by molar-refractivity contribution is 0.603. The Labute approximate surface area is 118 Å². The van der Waals surface area contributed by atoms with Crippen LogP contribution in [0.5, 0.6) is 0 Å². The molecule has 0 aliphatic carbocycles. The van der Waals surface area contributed by atoms with Crippen molar-refractivity contribution >= 4 is 55.9 Å². The highest BCUT2D eigenvalue weighted by atomic mass is 35.5. The summed E-state index contributed by atoms with van der Waals surface area (Å²) in [6, 6.07) is 5.85. The second kappa shape index (κ2) is 4.97. The highest BCUT2D eigenvalue weighted by Crippen LogP contribution is 2.27. The monoisotopic (exact) mass is 322 g/mol. The maximum atomic E-state index is 12.0. The quantitative estimate of drug-likeness (QED) is 0.909. The lowest BCUT2D eigenvalue weighted by atomic mass is 10.3. The molecule has 3 N–H and O–H groups in total. The van der Waals surface area contributed by atoms with Crippen LogP contribution < -0.4 is 10.5 Å². The van der Waals surface area contributed by atoms with Crippen LogP contribution in [-0.2, 0) is 10.0 Å². The van der Waals surface area contributed by atoms with Crippen molar-refractivity contribution in [3.63, 3.8) is 0 Å². The predicted molar refractivity (Wildman–Crippen MR) is 76.0 cm³/mol. The van der Waals surface area contributed by atoms with E-state index in [1.807, 2.05) is 0 Å². The van der Waals surface area contributed by atoms with Gasteiger partial charge in [-0.05, 0) is 24.3 Å². The fourth-order valence-corrected chi connectivity index (χ4v) is 3.94. The Morgan fingerprint density at radius 2 is 1.72 bits per heavy atom. The minimum absolute atomic E-state index is 0.135. The molecule has 0 unspecified atom stereocenters. The Bertz CT molecular complexity index is 663. The molecule has 2 rings (SSSR count). The molecule has 8 heteroatoms. The van der Waals surface area contributed by atoms with Crippen molar-refractivity contribution in [2.45, 2.75) is 4.21 Å². The van der Waals surface area contributed by atoms with Gasteiger partial charge >= 0.3 is 0 Å². The summed E-state index contributed by atoms with van der Waals surface area (Å²) >= 11 is 12.6. The molecule has 0 radical (unpaired) electrons. The van der Waals surface area contributed by atoms with Crippen molar-refractivity contribution in [1.29, 1.82) is 0 Å². The van der Waals surface area contributed by atoms with Gasteiger partial charge in [-0.2, -0.15) is 0 Å². The summed E-state index contributed by atoms with van der Waals surface area (Å²) < 4.78 is 26.5. The number of nitrogens with one attached hydrogen (secondary N) is 1. The van der Waals surface area contributed by atoms with E-state index >= 15 is 0 Å². The highest BCUT2D eigenvalue weighted by molar-refractivity contribution is 7.94. The first-order valence-corrected chi connectivity index (χ1v) is 7.81. The topological polar surface area (TPSA) is 72.2 Å². The zero-order valence-corrected chi connectivity index (χ0v) is 12.0. The van der Waals surface area contributed by atoms with Crippen molar-refractivity contribution < 1.29 is 8.42 Å². The predicted octanol–water partition coefficient (Wildman–Crippen LogP) is 3.44. The number of hydrogen-bond donors (Lipinski definition) is 2. The minimum atomic E-state index is -3.65. The van der Waals surface area contributed by atoms with Crippen molar-refractivity contribution in [2.75, 3.05) is 10.5 Å². The fourth-order valence-electron chi connectivity index (χ4n) is 1.29. The number of sulfonamides is 1. The minimum Gasteiger partial charge on any atom is -0.398 e. The fraction of sp³-hybridized carbons (Fsp3) is 0. The molecule has 0 saturated carbocycles. The van der Waals surface area contributed by atoms with E-state index < -0.39 is 10.0 Å². The number of rotatable bonds is 3. The van der Waals surface area contributed by atoms with Gasteiger partial charge in [0.2, 0.25) is 0 Å². The maximum Gasteiger partial charge on any atom is 0.271 e. The van der Waals surface area contributed by atoms with Gasteiger partial charge in [-0.15, -0.1) is 11.3 Å². The molecule has 0 aliphatic rings. The van der Waals surface area contributed by atoms with E-state index in [0.29, 0.717) is 21.4 Å². The van der Waals surface area contributed by atoms with Gasteiger partial charge in [0, 0.05) is 21.1 Å². The summed E-state index contributed by atoms with van der Waals surface area (Å²) in [7, 11) is -3.65. The van der Waals surface area contributed by atoms with E-state index in [9.17, 15) is 8.42 Å². The Kier molecular flexibility index (Phi) is 3.72. The molecule has 0 fully saturated rings. The average Bonchev–Trinajstić information content (AvgIpc) is 2.62. The first-order valence-electron chi connectivity index (χ1n) is 4.70. The zero-order valence-electron chi connectivity index (χ0n) is 8.85. The van der Waals surface area contributed by atoms with Crippen molar-refractivity contribution in [3.8, 4) is 0 Å². The van der Waals surface area contributed by atoms with Crippen LogP contribution in [-0.4, -0.2) is 8.42 Å². The lowest BCUT2D eigenvalue weighted by Gasteiger charge is -2.07. The molecule has 0 atom stereocenters. The molecule has 0 aliphatic heterocycles. The second-order valence-electron chi connectivity index (χ2n) is 3.46.